The van der Waals surface area contributed by atoms with Gasteiger partial charge in [0.25, 0.3) is 0 Å². The van der Waals surface area contributed by atoms with Crippen LogP contribution in [0.2, 0.25) is 0 Å². The zero-order chi connectivity index (χ0) is 17.2. The van der Waals surface area contributed by atoms with E-state index in [0.29, 0.717) is 12.3 Å². The van der Waals surface area contributed by atoms with Gasteiger partial charge in [0.05, 0.1) is 11.0 Å². The topological polar surface area (TPSA) is 75.7 Å². The second-order valence-electron chi connectivity index (χ2n) is 6.30. The molecule has 23 heavy (non-hydrogen) atoms. The molecular formula is C16H24N2O4S. The van der Waals surface area contributed by atoms with Crippen molar-refractivity contribution in [3.63, 3.8) is 0 Å². The summed E-state index contributed by atoms with van der Waals surface area (Å²) in [5.74, 6) is 0.606. The molecule has 1 aliphatic rings. The van der Waals surface area contributed by atoms with Crippen molar-refractivity contribution in [3.05, 3.63) is 24.3 Å². The van der Waals surface area contributed by atoms with Gasteiger partial charge in [-0.3, -0.25) is 4.79 Å². The molecule has 1 saturated heterocycles. The van der Waals surface area contributed by atoms with Crippen molar-refractivity contribution in [2.24, 2.45) is 0 Å². The first-order valence-corrected chi connectivity index (χ1v) is 9.26. The van der Waals surface area contributed by atoms with E-state index < -0.39 is 10.0 Å². The van der Waals surface area contributed by atoms with Crippen molar-refractivity contribution in [1.29, 1.82) is 0 Å². The number of nitrogens with zero attached hydrogens (tertiary/aromatic N) is 1. The van der Waals surface area contributed by atoms with Crippen LogP contribution in [-0.4, -0.2) is 44.0 Å². The Bertz CT molecular complexity index is 653. The smallest absolute Gasteiger partial charge is 0.240 e. The van der Waals surface area contributed by atoms with Crippen molar-refractivity contribution in [3.8, 4) is 5.75 Å². The number of carbonyl (C=O) groups excluding carboxylic acids is 1. The van der Waals surface area contributed by atoms with Crippen molar-refractivity contribution in [2.45, 2.75) is 57.2 Å². The molecule has 0 spiro atoms. The second kappa shape index (κ2) is 6.88. The van der Waals surface area contributed by atoms with Gasteiger partial charge in [0.2, 0.25) is 15.9 Å². The Kier molecular flexibility index (Phi) is 5.31. The van der Waals surface area contributed by atoms with E-state index in [2.05, 4.69) is 4.72 Å². The van der Waals surface area contributed by atoms with Gasteiger partial charge in [0.15, 0.2) is 0 Å². The molecule has 1 aromatic carbocycles. The molecule has 1 atom stereocenters. The third kappa shape index (κ3) is 4.45. The van der Waals surface area contributed by atoms with Gasteiger partial charge in [-0.1, -0.05) is 0 Å². The lowest BCUT2D eigenvalue weighted by Crippen LogP contribution is -2.38. The van der Waals surface area contributed by atoms with E-state index in [1.54, 1.807) is 17.0 Å². The summed E-state index contributed by atoms with van der Waals surface area (Å²) in [5.41, 5.74) is 0. The molecule has 0 saturated carbocycles. The summed E-state index contributed by atoms with van der Waals surface area (Å²) >= 11 is 0. The number of sulfonamides is 1. The van der Waals surface area contributed by atoms with E-state index in [9.17, 15) is 13.2 Å². The average molecular weight is 340 g/mol. The lowest BCUT2D eigenvalue weighted by atomic mass is 10.3. The van der Waals surface area contributed by atoms with Gasteiger partial charge >= 0.3 is 0 Å². The number of benzene rings is 1. The number of rotatable bonds is 6. The number of hydrogen-bond acceptors (Lipinski definition) is 4. The van der Waals surface area contributed by atoms with Crippen LogP contribution in [0.4, 0.5) is 0 Å². The minimum atomic E-state index is -3.65. The quantitative estimate of drug-likeness (QED) is 0.856. The molecule has 0 aliphatic carbocycles. The lowest BCUT2D eigenvalue weighted by molar-refractivity contribution is -0.129. The summed E-state index contributed by atoms with van der Waals surface area (Å²) in [7, 11) is -3.65. The fraction of sp³-hybridized carbons (Fsp3) is 0.562. The van der Waals surface area contributed by atoms with Crippen molar-refractivity contribution < 1.29 is 17.9 Å². The number of nitrogens with one attached hydrogen (secondary N) is 1. The van der Waals surface area contributed by atoms with Crippen LogP contribution in [0.1, 0.15) is 34.1 Å². The summed E-state index contributed by atoms with van der Waals surface area (Å²) in [6, 6.07) is 5.98. The highest BCUT2D eigenvalue weighted by molar-refractivity contribution is 7.89. The van der Waals surface area contributed by atoms with Gasteiger partial charge in [0.1, 0.15) is 5.75 Å². The molecule has 128 valence electrons. The molecule has 1 aliphatic heterocycles. The van der Waals surface area contributed by atoms with Gasteiger partial charge in [-0.05, 0) is 52.0 Å². The third-order valence-electron chi connectivity index (χ3n) is 3.61. The molecule has 1 amide bonds. The van der Waals surface area contributed by atoms with Gasteiger partial charge in [-0.2, -0.15) is 0 Å². The molecular weight excluding hydrogens is 316 g/mol. The number of amides is 1. The van der Waals surface area contributed by atoms with Crippen LogP contribution >= 0.6 is 0 Å². The van der Waals surface area contributed by atoms with Crippen LogP contribution in [0.25, 0.3) is 0 Å². The van der Waals surface area contributed by atoms with Crippen LogP contribution in [0.15, 0.2) is 29.2 Å². The molecule has 1 heterocycles. The second-order valence-corrected chi connectivity index (χ2v) is 8.01. The normalized spacial score (nSPS) is 19.0. The highest BCUT2D eigenvalue weighted by Crippen LogP contribution is 2.20. The zero-order valence-electron chi connectivity index (χ0n) is 13.9. The Morgan fingerprint density at radius 1 is 1.17 bits per heavy atom. The van der Waals surface area contributed by atoms with E-state index in [1.807, 2.05) is 27.7 Å². The predicted molar refractivity (Wildman–Crippen MR) is 87.8 cm³/mol. The fourth-order valence-electron chi connectivity index (χ4n) is 2.57. The fourth-order valence-corrected chi connectivity index (χ4v) is 3.79. The number of hydrogen-bond donors (Lipinski definition) is 1. The maximum Gasteiger partial charge on any atom is 0.240 e. The average Bonchev–Trinajstić information content (AvgIpc) is 2.79. The van der Waals surface area contributed by atoms with E-state index in [1.165, 1.54) is 12.1 Å². The molecule has 1 fully saturated rings. The molecule has 1 N–H and O–H groups in total. The number of likely N-dealkylation sites (tertiary alicyclic amines) is 1. The molecule has 0 bridgehead atoms. The van der Waals surface area contributed by atoms with Gasteiger partial charge in [-0.25, -0.2) is 13.1 Å². The molecule has 1 unspecified atom stereocenters. The first kappa shape index (κ1) is 17.7. The zero-order valence-corrected chi connectivity index (χ0v) is 14.8. The standard InChI is InChI=1S/C16H24N2O4S/c1-11(2)18-10-13(9-16(18)19)17-23(20,21)15-7-5-14(6-8-15)22-12(3)4/h5-8,11-13,17H,9-10H2,1-4H3. The molecule has 7 heteroatoms. The van der Waals surface area contributed by atoms with Crippen LogP contribution in [0.3, 0.4) is 0 Å². The van der Waals surface area contributed by atoms with Crippen LogP contribution in [0.5, 0.6) is 5.75 Å². The van der Waals surface area contributed by atoms with Gasteiger partial charge in [0, 0.05) is 25.0 Å². The Hall–Kier alpha value is -1.60. The van der Waals surface area contributed by atoms with Crippen LogP contribution in [0, 0.1) is 0 Å². The molecule has 0 aromatic heterocycles. The van der Waals surface area contributed by atoms with Crippen LogP contribution < -0.4 is 9.46 Å². The largest absolute Gasteiger partial charge is 0.491 e. The molecule has 2 rings (SSSR count). The third-order valence-corrected chi connectivity index (χ3v) is 5.15. The SMILES string of the molecule is CC(C)Oc1ccc(S(=O)(=O)NC2CC(=O)N(C(C)C)C2)cc1. The first-order valence-electron chi connectivity index (χ1n) is 7.77. The monoisotopic (exact) mass is 340 g/mol. The minimum Gasteiger partial charge on any atom is -0.491 e. The van der Waals surface area contributed by atoms with E-state index in [4.69, 9.17) is 4.74 Å². The molecule has 1 aromatic rings. The number of carbonyl (C=O) groups is 1. The minimum absolute atomic E-state index is 0.0200. The summed E-state index contributed by atoms with van der Waals surface area (Å²) in [5, 5.41) is 0. The van der Waals surface area contributed by atoms with Crippen LogP contribution in [-0.2, 0) is 14.8 Å². The summed E-state index contributed by atoms with van der Waals surface area (Å²) in [6.45, 7) is 8.06. The highest BCUT2D eigenvalue weighted by atomic mass is 32.2. The predicted octanol–water partition coefficient (Wildman–Crippen LogP) is 1.76. The van der Waals surface area contributed by atoms with E-state index in [-0.39, 0.29) is 35.4 Å². The first-order chi connectivity index (χ1) is 10.7. The van der Waals surface area contributed by atoms with Crippen molar-refractivity contribution in [2.75, 3.05) is 6.54 Å². The Balaban J connectivity index is 2.06. The van der Waals surface area contributed by atoms with Crippen molar-refractivity contribution >= 4 is 15.9 Å². The summed E-state index contributed by atoms with van der Waals surface area (Å²) < 4.78 is 33.0. The van der Waals surface area contributed by atoms with Crippen molar-refractivity contribution in [1.82, 2.24) is 9.62 Å². The van der Waals surface area contributed by atoms with Gasteiger partial charge < -0.3 is 9.64 Å². The Labute approximate surface area is 137 Å². The lowest BCUT2D eigenvalue weighted by Gasteiger charge is -2.21. The van der Waals surface area contributed by atoms with E-state index >= 15 is 0 Å². The highest BCUT2D eigenvalue weighted by Gasteiger charge is 2.33. The molecule has 0 radical (unpaired) electrons. The summed E-state index contributed by atoms with van der Waals surface area (Å²) in [6.07, 6.45) is 0.230. The van der Waals surface area contributed by atoms with E-state index in [0.717, 1.165) is 0 Å². The Morgan fingerprint density at radius 2 is 1.78 bits per heavy atom. The van der Waals surface area contributed by atoms with Gasteiger partial charge in [-0.15, -0.1) is 0 Å². The summed E-state index contributed by atoms with van der Waals surface area (Å²) in [4.78, 5) is 13.7. The maximum atomic E-state index is 12.4. The Morgan fingerprint density at radius 3 is 2.26 bits per heavy atom. The maximum absolute atomic E-state index is 12.4. The number of ether oxygens (including phenoxy) is 1. The molecule has 6 nitrogen and oxygen atoms in total.